The van der Waals surface area contributed by atoms with Crippen LogP contribution in [0, 0.1) is 0 Å². The van der Waals surface area contributed by atoms with Crippen LogP contribution in [-0.2, 0) is 22.4 Å². The maximum absolute atomic E-state index is 12.1. The first kappa shape index (κ1) is 31.9. The predicted molar refractivity (Wildman–Crippen MR) is 165 cm³/mol. The Labute approximate surface area is 257 Å². The molecule has 1 aliphatic rings. The largest absolute Gasteiger partial charge is 0.492 e. The zero-order chi connectivity index (χ0) is 31.0. The quantitative estimate of drug-likeness (QED) is 0.242. The smallest absolute Gasteiger partial charge is 0.231 e. The van der Waals surface area contributed by atoms with Crippen LogP contribution in [0.1, 0.15) is 69.0 Å². The lowest BCUT2D eigenvalue weighted by Crippen LogP contribution is -2.17. The molecule has 4 aromatic rings. The highest BCUT2D eigenvalue weighted by Gasteiger charge is 2.17. The van der Waals surface area contributed by atoms with Gasteiger partial charge in [0.25, 0.3) is 0 Å². The molecule has 4 heterocycles. The summed E-state index contributed by atoms with van der Waals surface area (Å²) in [6.07, 6.45) is 11.4. The van der Waals surface area contributed by atoms with Crippen molar-refractivity contribution < 1.29 is 19.1 Å². The summed E-state index contributed by atoms with van der Waals surface area (Å²) in [6, 6.07) is 14.4. The van der Waals surface area contributed by atoms with E-state index >= 15 is 0 Å². The first-order valence-corrected chi connectivity index (χ1v) is 14.9. The number of carbonyl (C=O) groups excluding carboxylic acids is 2. The van der Waals surface area contributed by atoms with Gasteiger partial charge in [-0.05, 0) is 75.2 Å². The summed E-state index contributed by atoms with van der Waals surface area (Å²) in [4.78, 5) is 32.3. The van der Waals surface area contributed by atoms with Gasteiger partial charge in [0.05, 0.1) is 44.1 Å². The van der Waals surface area contributed by atoms with Gasteiger partial charge in [-0.2, -0.15) is 10.2 Å². The zero-order valence-electron chi connectivity index (χ0n) is 25.1. The molecule has 0 spiro atoms. The van der Waals surface area contributed by atoms with E-state index < -0.39 is 0 Å². The van der Waals surface area contributed by atoms with Crippen LogP contribution in [0.15, 0.2) is 67.1 Å². The highest BCUT2D eigenvalue weighted by atomic mass is 16.5. The van der Waals surface area contributed by atoms with Gasteiger partial charge in [0.15, 0.2) is 11.6 Å². The van der Waals surface area contributed by atoms with Crippen molar-refractivity contribution in [1.82, 2.24) is 30.4 Å². The molecule has 1 saturated carbocycles. The molecule has 0 aromatic carbocycles. The van der Waals surface area contributed by atoms with Gasteiger partial charge in [0, 0.05) is 23.5 Å². The number of amides is 2. The minimum absolute atomic E-state index is 0.156. The minimum Gasteiger partial charge on any atom is -0.492 e. The molecule has 2 amide bonds. The van der Waals surface area contributed by atoms with Gasteiger partial charge in [-0.15, -0.1) is 10.2 Å². The topological polar surface area (TPSA) is 154 Å². The van der Waals surface area contributed by atoms with E-state index in [2.05, 4.69) is 41.0 Å². The third-order valence-electron chi connectivity index (χ3n) is 6.72. The van der Waals surface area contributed by atoms with Crippen LogP contribution in [0.25, 0.3) is 0 Å². The minimum atomic E-state index is -0.183. The molecule has 12 heteroatoms. The van der Waals surface area contributed by atoms with Crippen molar-refractivity contribution in [2.24, 2.45) is 0 Å². The normalized spacial score (nSPS) is 12.8. The molecule has 4 aromatic heterocycles. The molecule has 0 saturated heterocycles. The van der Waals surface area contributed by atoms with Crippen molar-refractivity contribution in [1.29, 1.82) is 0 Å². The highest BCUT2D eigenvalue weighted by Crippen LogP contribution is 2.31. The van der Waals surface area contributed by atoms with Gasteiger partial charge in [-0.3, -0.25) is 19.6 Å². The van der Waals surface area contributed by atoms with Gasteiger partial charge in [0.2, 0.25) is 11.8 Å². The first-order valence-electron chi connectivity index (χ1n) is 14.9. The number of pyridine rings is 2. The van der Waals surface area contributed by atoms with Crippen molar-refractivity contribution in [2.45, 2.75) is 64.7 Å². The van der Waals surface area contributed by atoms with E-state index in [1.54, 1.807) is 48.9 Å². The summed E-state index contributed by atoms with van der Waals surface area (Å²) in [7, 11) is 0. The average molecular weight is 599 g/mol. The van der Waals surface area contributed by atoms with Crippen LogP contribution in [-0.4, -0.2) is 55.4 Å². The zero-order valence-corrected chi connectivity index (χ0v) is 25.1. The second-order valence-corrected chi connectivity index (χ2v) is 10.1. The number of aromatic nitrogens is 6. The molecule has 0 bridgehead atoms. The monoisotopic (exact) mass is 598 g/mol. The van der Waals surface area contributed by atoms with Crippen molar-refractivity contribution in [3.63, 3.8) is 0 Å². The summed E-state index contributed by atoms with van der Waals surface area (Å²) < 4.78 is 10.6. The molecule has 230 valence electrons. The lowest BCUT2D eigenvalue weighted by molar-refractivity contribution is -0.116. The van der Waals surface area contributed by atoms with Crippen LogP contribution >= 0.6 is 0 Å². The second-order valence-electron chi connectivity index (χ2n) is 10.1. The third-order valence-corrected chi connectivity index (χ3v) is 6.72. The summed E-state index contributed by atoms with van der Waals surface area (Å²) >= 11 is 0. The van der Waals surface area contributed by atoms with Crippen LogP contribution in [0.5, 0.6) is 11.5 Å². The number of rotatable bonds is 11. The van der Waals surface area contributed by atoms with Gasteiger partial charge < -0.3 is 20.1 Å². The molecule has 5 rings (SSSR count). The third kappa shape index (κ3) is 10.7. The van der Waals surface area contributed by atoms with E-state index in [-0.39, 0.29) is 24.7 Å². The van der Waals surface area contributed by atoms with E-state index in [1.807, 2.05) is 32.0 Å². The maximum atomic E-state index is 12.1. The van der Waals surface area contributed by atoms with Gasteiger partial charge >= 0.3 is 0 Å². The number of nitrogens with zero attached hydrogens (tertiary/aromatic N) is 6. The van der Waals surface area contributed by atoms with Gasteiger partial charge in [-0.1, -0.05) is 19.3 Å². The van der Waals surface area contributed by atoms with Crippen molar-refractivity contribution >= 4 is 23.5 Å². The van der Waals surface area contributed by atoms with Crippen LogP contribution in [0.2, 0.25) is 0 Å². The highest BCUT2D eigenvalue weighted by molar-refractivity contribution is 5.91. The lowest BCUT2D eigenvalue weighted by atomic mass is 9.87. The molecule has 0 unspecified atom stereocenters. The molecular weight excluding hydrogens is 560 g/mol. The van der Waals surface area contributed by atoms with Crippen molar-refractivity contribution in [2.75, 3.05) is 23.8 Å². The van der Waals surface area contributed by atoms with E-state index in [0.29, 0.717) is 53.7 Å². The molecule has 1 fully saturated rings. The number of nitrogens with one attached hydrogen (secondary N) is 2. The number of carbonyl (C=O) groups is 2. The molecule has 0 atom stereocenters. The van der Waals surface area contributed by atoms with E-state index in [4.69, 9.17) is 9.47 Å². The number of anilines is 2. The second kappa shape index (κ2) is 17.2. The molecule has 2 N–H and O–H groups in total. The number of hydrogen-bond acceptors (Lipinski definition) is 10. The summed E-state index contributed by atoms with van der Waals surface area (Å²) in [6.45, 7) is 5.01. The predicted octanol–water partition coefficient (Wildman–Crippen LogP) is 4.95. The van der Waals surface area contributed by atoms with Crippen molar-refractivity contribution in [3.05, 3.63) is 84.2 Å². The molecule has 12 nitrogen and oxygen atoms in total. The molecule has 0 aliphatic heterocycles. The SMILES string of the molecule is CCOc1ccc(CC(=O)Nc2ccc(C3CCCCC3)nn2)nc1.CCOc1ccc(CC(=O)Nc2cccnn2)nc1. The van der Waals surface area contributed by atoms with E-state index in [9.17, 15) is 9.59 Å². The molecular formula is C32H38N8O4. The lowest BCUT2D eigenvalue weighted by Gasteiger charge is -2.20. The average Bonchev–Trinajstić information content (AvgIpc) is 3.05. The fourth-order valence-corrected chi connectivity index (χ4v) is 4.63. The Morgan fingerprint density at radius 2 is 1.32 bits per heavy atom. The number of ether oxygens (including phenoxy) is 2. The van der Waals surface area contributed by atoms with Crippen LogP contribution < -0.4 is 20.1 Å². The standard InChI is InChI=1S/C19H24N4O2.C13H14N4O2/c1-2-25-16-9-8-15(20-13-16)12-19(24)21-18-11-10-17(22-23-18)14-6-4-3-5-7-14;1-2-19-11-6-5-10(14-9-11)8-13(18)16-12-4-3-7-15-17-12/h8-11,13-14H,2-7,12H2,1H3,(H,21,23,24);3-7,9H,2,8H2,1H3,(H,16,17,18). The fraction of sp³-hybridized carbons (Fsp3) is 0.375. The Bertz CT molecular complexity index is 1430. The molecule has 0 radical (unpaired) electrons. The Morgan fingerprint density at radius 3 is 1.77 bits per heavy atom. The molecule has 1 aliphatic carbocycles. The van der Waals surface area contributed by atoms with Crippen molar-refractivity contribution in [3.8, 4) is 11.5 Å². The summed E-state index contributed by atoms with van der Waals surface area (Å²) in [5, 5.41) is 21.3. The van der Waals surface area contributed by atoms with Crippen LogP contribution in [0.4, 0.5) is 11.6 Å². The van der Waals surface area contributed by atoms with Gasteiger partial charge in [-0.25, -0.2) is 0 Å². The summed E-state index contributed by atoms with van der Waals surface area (Å²) in [5.74, 6) is 2.48. The Morgan fingerprint density at radius 1 is 0.727 bits per heavy atom. The fourth-order valence-electron chi connectivity index (χ4n) is 4.63. The van der Waals surface area contributed by atoms with E-state index in [1.165, 1.54) is 32.1 Å². The number of hydrogen-bond donors (Lipinski definition) is 2. The Hall–Kier alpha value is -5.00. The Kier molecular flexibility index (Phi) is 12.5. The van der Waals surface area contributed by atoms with Gasteiger partial charge in [0.1, 0.15) is 11.5 Å². The first-order chi connectivity index (χ1) is 21.5. The Balaban J connectivity index is 0.000000209. The van der Waals surface area contributed by atoms with E-state index in [0.717, 1.165) is 5.69 Å². The molecule has 44 heavy (non-hydrogen) atoms. The maximum Gasteiger partial charge on any atom is 0.231 e. The summed E-state index contributed by atoms with van der Waals surface area (Å²) in [5.41, 5.74) is 2.39. The van der Waals surface area contributed by atoms with Crippen LogP contribution in [0.3, 0.4) is 0 Å².